The van der Waals surface area contributed by atoms with E-state index in [1.807, 2.05) is 24.4 Å². The van der Waals surface area contributed by atoms with E-state index in [0.29, 0.717) is 6.79 Å². The zero-order chi connectivity index (χ0) is 12.7. The van der Waals surface area contributed by atoms with Gasteiger partial charge in [-0.25, -0.2) is 4.98 Å². The van der Waals surface area contributed by atoms with Crippen molar-refractivity contribution in [2.75, 3.05) is 18.7 Å². The molecule has 2 aliphatic rings. The molecule has 0 atom stereocenters. The zero-order valence-electron chi connectivity index (χ0n) is 10.7. The monoisotopic (exact) mass is 256 g/mol. The maximum atomic E-state index is 5.44. The van der Waals surface area contributed by atoms with Crippen molar-refractivity contribution in [3.8, 4) is 11.5 Å². The van der Waals surface area contributed by atoms with Gasteiger partial charge in [0, 0.05) is 18.1 Å². The quantitative estimate of drug-likeness (QED) is 0.912. The first kappa shape index (κ1) is 10.9. The van der Waals surface area contributed by atoms with E-state index in [1.165, 1.54) is 19.3 Å². The zero-order valence-corrected chi connectivity index (χ0v) is 10.7. The third-order valence-corrected chi connectivity index (χ3v) is 3.80. The molecule has 1 aromatic carbocycles. The molecule has 2 aromatic rings. The molecule has 1 N–H and O–H groups in total. The lowest BCUT2D eigenvalue weighted by Gasteiger charge is -2.09. The van der Waals surface area contributed by atoms with Gasteiger partial charge in [0.15, 0.2) is 11.5 Å². The largest absolute Gasteiger partial charge is 0.454 e. The van der Waals surface area contributed by atoms with Crippen molar-refractivity contribution in [3.05, 3.63) is 24.4 Å². The number of rotatable bonds is 4. The van der Waals surface area contributed by atoms with Crippen LogP contribution in [0.5, 0.6) is 11.5 Å². The smallest absolute Gasteiger partial charge is 0.231 e. The first-order valence-corrected chi connectivity index (χ1v) is 6.82. The number of pyridine rings is 1. The van der Waals surface area contributed by atoms with Crippen molar-refractivity contribution >= 4 is 16.6 Å². The van der Waals surface area contributed by atoms with Gasteiger partial charge in [-0.3, -0.25) is 0 Å². The van der Waals surface area contributed by atoms with Crippen LogP contribution in [0.15, 0.2) is 24.4 Å². The number of nitrogens with one attached hydrogen (secondary N) is 1. The molecule has 4 heteroatoms. The first-order chi connectivity index (χ1) is 9.40. The van der Waals surface area contributed by atoms with Gasteiger partial charge in [0.05, 0.1) is 0 Å². The van der Waals surface area contributed by atoms with Crippen LogP contribution >= 0.6 is 0 Å². The highest BCUT2D eigenvalue weighted by Gasteiger charge is 2.20. The summed E-state index contributed by atoms with van der Waals surface area (Å²) in [6, 6.07) is 6.04. The molecule has 0 spiro atoms. The molecule has 19 heavy (non-hydrogen) atoms. The summed E-state index contributed by atoms with van der Waals surface area (Å²) in [5.74, 6) is 3.51. The fourth-order valence-electron chi connectivity index (χ4n) is 2.50. The molecule has 1 aromatic heterocycles. The molecule has 0 bridgehead atoms. The van der Waals surface area contributed by atoms with Crippen molar-refractivity contribution in [3.63, 3.8) is 0 Å². The Balaban J connectivity index is 1.65. The van der Waals surface area contributed by atoms with Gasteiger partial charge in [-0.1, -0.05) is 12.8 Å². The van der Waals surface area contributed by atoms with E-state index in [0.717, 1.165) is 40.6 Å². The van der Waals surface area contributed by atoms with Crippen molar-refractivity contribution in [1.29, 1.82) is 0 Å². The molecular weight excluding hydrogens is 240 g/mol. The number of aromatic nitrogens is 1. The molecule has 0 amide bonds. The average Bonchev–Trinajstić information content (AvgIpc) is 3.14. The van der Waals surface area contributed by atoms with E-state index in [1.54, 1.807) is 0 Å². The number of benzene rings is 1. The Labute approximate surface area is 111 Å². The Bertz CT molecular complexity index is 623. The molecule has 98 valence electrons. The highest BCUT2D eigenvalue weighted by molar-refractivity contribution is 5.94. The predicted octanol–water partition coefficient (Wildman–Crippen LogP) is 3.18. The van der Waals surface area contributed by atoms with Gasteiger partial charge in [0.1, 0.15) is 5.82 Å². The topological polar surface area (TPSA) is 43.4 Å². The molecule has 2 heterocycles. The van der Waals surface area contributed by atoms with Crippen molar-refractivity contribution in [1.82, 2.24) is 4.98 Å². The SMILES string of the molecule is c1cc2cc3c(cc2c(NCCC2CC2)n1)OCO3. The van der Waals surface area contributed by atoms with E-state index >= 15 is 0 Å². The van der Waals surface area contributed by atoms with Crippen LogP contribution in [0.3, 0.4) is 0 Å². The summed E-state index contributed by atoms with van der Waals surface area (Å²) >= 11 is 0. The minimum atomic E-state index is 0.309. The van der Waals surface area contributed by atoms with Gasteiger partial charge in [-0.2, -0.15) is 0 Å². The van der Waals surface area contributed by atoms with Crippen LogP contribution in [0.25, 0.3) is 10.8 Å². The lowest BCUT2D eigenvalue weighted by Crippen LogP contribution is -2.04. The number of fused-ring (bicyclic) bond motifs is 2. The summed E-state index contributed by atoms with van der Waals surface area (Å²) in [6.45, 7) is 1.30. The molecular formula is C15H16N2O2. The third-order valence-electron chi connectivity index (χ3n) is 3.80. The van der Waals surface area contributed by atoms with Gasteiger partial charge < -0.3 is 14.8 Å². The van der Waals surface area contributed by atoms with Crippen LogP contribution in [-0.2, 0) is 0 Å². The Morgan fingerprint density at radius 3 is 2.89 bits per heavy atom. The minimum Gasteiger partial charge on any atom is -0.454 e. The number of hydrogen-bond donors (Lipinski definition) is 1. The van der Waals surface area contributed by atoms with Gasteiger partial charge in [-0.05, 0) is 35.9 Å². The standard InChI is InChI=1S/C15H16N2O2/c1-2-10(1)3-5-16-15-12-8-14-13(18-9-19-14)7-11(12)4-6-17-15/h4,6-8,10H,1-3,5,9H2,(H,16,17). The van der Waals surface area contributed by atoms with Crippen molar-refractivity contribution in [2.24, 2.45) is 5.92 Å². The highest BCUT2D eigenvalue weighted by Crippen LogP contribution is 2.38. The summed E-state index contributed by atoms with van der Waals surface area (Å²) in [6.07, 6.45) is 5.86. The van der Waals surface area contributed by atoms with Gasteiger partial charge >= 0.3 is 0 Å². The molecule has 4 rings (SSSR count). The highest BCUT2D eigenvalue weighted by atomic mass is 16.7. The van der Waals surface area contributed by atoms with Crippen molar-refractivity contribution < 1.29 is 9.47 Å². The lowest BCUT2D eigenvalue weighted by molar-refractivity contribution is 0.174. The molecule has 0 saturated heterocycles. The van der Waals surface area contributed by atoms with Crippen LogP contribution in [0.2, 0.25) is 0 Å². The second-order valence-electron chi connectivity index (χ2n) is 5.24. The van der Waals surface area contributed by atoms with Gasteiger partial charge in [-0.15, -0.1) is 0 Å². The van der Waals surface area contributed by atoms with E-state index in [4.69, 9.17) is 9.47 Å². The van der Waals surface area contributed by atoms with Gasteiger partial charge in [0.2, 0.25) is 6.79 Å². The Morgan fingerprint density at radius 2 is 2.05 bits per heavy atom. The molecule has 1 saturated carbocycles. The summed E-state index contributed by atoms with van der Waals surface area (Å²) < 4.78 is 10.8. The van der Waals surface area contributed by atoms with Gasteiger partial charge in [0.25, 0.3) is 0 Å². The normalized spacial score (nSPS) is 16.8. The number of anilines is 1. The molecule has 0 unspecified atom stereocenters. The molecule has 1 aliphatic heterocycles. The number of hydrogen-bond acceptors (Lipinski definition) is 4. The summed E-state index contributed by atoms with van der Waals surface area (Å²) in [5.41, 5.74) is 0. The molecule has 1 aliphatic carbocycles. The van der Waals surface area contributed by atoms with Crippen LogP contribution in [0, 0.1) is 5.92 Å². The van der Waals surface area contributed by atoms with Crippen molar-refractivity contribution in [2.45, 2.75) is 19.3 Å². The molecule has 4 nitrogen and oxygen atoms in total. The van der Waals surface area contributed by atoms with Crippen LogP contribution in [-0.4, -0.2) is 18.3 Å². The Morgan fingerprint density at radius 1 is 1.21 bits per heavy atom. The maximum Gasteiger partial charge on any atom is 0.231 e. The first-order valence-electron chi connectivity index (χ1n) is 6.82. The number of nitrogens with zero attached hydrogens (tertiary/aromatic N) is 1. The summed E-state index contributed by atoms with van der Waals surface area (Å²) in [4.78, 5) is 4.44. The molecule has 0 radical (unpaired) electrons. The Hall–Kier alpha value is -1.97. The second kappa shape index (κ2) is 4.30. The number of ether oxygens (including phenoxy) is 2. The van der Waals surface area contributed by atoms with Crippen LogP contribution in [0.4, 0.5) is 5.82 Å². The van der Waals surface area contributed by atoms with E-state index in [2.05, 4.69) is 10.3 Å². The Kier molecular flexibility index (Phi) is 2.47. The minimum absolute atomic E-state index is 0.309. The lowest BCUT2D eigenvalue weighted by atomic mass is 10.1. The summed E-state index contributed by atoms with van der Waals surface area (Å²) in [7, 11) is 0. The predicted molar refractivity (Wildman–Crippen MR) is 73.7 cm³/mol. The van der Waals surface area contributed by atoms with Crippen LogP contribution < -0.4 is 14.8 Å². The fourth-order valence-corrected chi connectivity index (χ4v) is 2.50. The van der Waals surface area contributed by atoms with E-state index < -0.39 is 0 Å². The second-order valence-corrected chi connectivity index (χ2v) is 5.24. The van der Waals surface area contributed by atoms with E-state index in [-0.39, 0.29) is 0 Å². The van der Waals surface area contributed by atoms with E-state index in [9.17, 15) is 0 Å². The average molecular weight is 256 g/mol. The maximum absolute atomic E-state index is 5.44. The third kappa shape index (κ3) is 2.07. The molecule has 1 fully saturated rings. The van der Waals surface area contributed by atoms with Crippen LogP contribution in [0.1, 0.15) is 19.3 Å². The summed E-state index contributed by atoms with van der Waals surface area (Å²) in [5, 5.41) is 5.67. The fraction of sp³-hybridized carbons (Fsp3) is 0.400.